The van der Waals surface area contributed by atoms with Crippen LogP contribution in [-0.4, -0.2) is 59.2 Å². The number of sulfonamides is 1. The van der Waals surface area contributed by atoms with Gasteiger partial charge >= 0.3 is 0 Å². The third-order valence-corrected chi connectivity index (χ3v) is 7.37. The summed E-state index contributed by atoms with van der Waals surface area (Å²) in [6.07, 6.45) is 0.815. The van der Waals surface area contributed by atoms with E-state index in [0.717, 1.165) is 11.1 Å². The Labute approximate surface area is 189 Å². The molecule has 0 unspecified atom stereocenters. The zero-order chi connectivity index (χ0) is 23.1. The summed E-state index contributed by atoms with van der Waals surface area (Å²) in [7, 11) is -0.364. The number of rotatable bonds is 9. The van der Waals surface area contributed by atoms with Gasteiger partial charge in [0, 0.05) is 19.5 Å². The smallest absolute Gasteiger partial charge is 0.243 e. The lowest BCUT2D eigenvalue weighted by Gasteiger charge is -2.26. The number of nitrogens with zero attached hydrogens (tertiary/aromatic N) is 1. The molecular formula is C23H30N2O6S. The van der Waals surface area contributed by atoms with E-state index in [2.05, 4.69) is 5.32 Å². The number of hydrogen-bond acceptors (Lipinski definition) is 6. The quantitative estimate of drug-likeness (QED) is 0.616. The largest absolute Gasteiger partial charge is 0.493 e. The summed E-state index contributed by atoms with van der Waals surface area (Å²) in [6, 6.07) is 12.1. The van der Waals surface area contributed by atoms with Gasteiger partial charge in [0.25, 0.3) is 0 Å². The highest BCUT2D eigenvalue weighted by Crippen LogP contribution is 2.30. The van der Waals surface area contributed by atoms with Crippen LogP contribution in [-0.2, 0) is 26.0 Å². The lowest BCUT2D eigenvalue weighted by molar-refractivity contribution is -0.121. The number of benzene rings is 2. The first-order valence-corrected chi connectivity index (χ1v) is 12.0. The average Bonchev–Trinajstić information content (AvgIpc) is 2.83. The molecule has 0 aliphatic carbocycles. The predicted octanol–water partition coefficient (Wildman–Crippen LogP) is 2.53. The molecule has 0 radical (unpaired) electrons. The normalized spacial score (nSPS) is 15.7. The number of amides is 1. The van der Waals surface area contributed by atoms with Crippen molar-refractivity contribution in [1.29, 1.82) is 0 Å². The Hall–Kier alpha value is -2.62. The van der Waals surface area contributed by atoms with Crippen molar-refractivity contribution < 1.29 is 27.4 Å². The Bertz CT molecular complexity index is 1020. The molecule has 0 bridgehead atoms. The van der Waals surface area contributed by atoms with Crippen molar-refractivity contribution in [3.63, 3.8) is 0 Å². The summed E-state index contributed by atoms with van der Waals surface area (Å²) in [4.78, 5) is 12.7. The van der Waals surface area contributed by atoms with Crippen molar-refractivity contribution in [2.45, 2.75) is 30.7 Å². The summed E-state index contributed by atoms with van der Waals surface area (Å²) in [6.45, 7) is 3.46. The zero-order valence-corrected chi connectivity index (χ0v) is 19.5. The highest BCUT2D eigenvalue weighted by atomic mass is 32.2. The van der Waals surface area contributed by atoms with Gasteiger partial charge in [0.2, 0.25) is 15.9 Å². The van der Waals surface area contributed by atoms with Crippen molar-refractivity contribution in [3.8, 4) is 11.5 Å². The van der Waals surface area contributed by atoms with Crippen LogP contribution >= 0.6 is 0 Å². The third-order valence-electron chi connectivity index (χ3n) is 5.46. The van der Waals surface area contributed by atoms with Gasteiger partial charge in [0.1, 0.15) is 0 Å². The highest BCUT2D eigenvalue weighted by Gasteiger charge is 2.26. The molecule has 3 rings (SSSR count). The number of ether oxygens (including phenoxy) is 3. The van der Waals surface area contributed by atoms with Gasteiger partial charge in [-0.15, -0.1) is 0 Å². The van der Waals surface area contributed by atoms with Gasteiger partial charge in [0.15, 0.2) is 11.5 Å². The SMILES string of the molecule is COc1ccc([C@@H](C)NC(=O)CCc2ccc(S(=O)(=O)N3CCOCC3)cc2)cc1OC. The summed E-state index contributed by atoms with van der Waals surface area (Å²) in [5, 5.41) is 2.98. The first-order chi connectivity index (χ1) is 15.3. The van der Waals surface area contributed by atoms with E-state index in [9.17, 15) is 13.2 Å². The van der Waals surface area contributed by atoms with Gasteiger partial charge in [-0.1, -0.05) is 18.2 Å². The van der Waals surface area contributed by atoms with Gasteiger partial charge in [-0.25, -0.2) is 8.42 Å². The molecule has 0 saturated carbocycles. The molecule has 1 heterocycles. The first kappa shape index (κ1) is 24.0. The molecule has 1 aliphatic heterocycles. The number of carbonyl (C=O) groups excluding carboxylic acids is 1. The molecule has 1 aliphatic rings. The van der Waals surface area contributed by atoms with Crippen LogP contribution in [0.25, 0.3) is 0 Å². The van der Waals surface area contributed by atoms with E-state index in [4.69, 9.17) is 14.2 Å². The fraction of sp³-hybridized carbons (Fsp3) is 0.435. The summed E-state index contributed by atoms with van der Waals surface area (Å²) in [5.41, 5.74) is 1.81. The van der Waals surface area contributed by atoms with E-state index in [1.807, 2.05) is 25.1 Å². The third kappa shape index (κ3) is 5.79. The monoisotopic (exact) mass is 462 g/mol. The second-order valence-electron chi connectivity index (χ2n) is 7.56. The minimum Gasteiger partial charge on any atom is -0.493 e. The van der Waals surface area contributed by atoms with E-state index >= 15 is 0 Å². The van der Waals surface area contributed by atoms with Crippen LogP contribution in [0.15, 0.2) is 47.4 Å². The minimum atomic E-state index is -3.51. The van der Waals surface area contributed by atoms with Crippen LogP contribution in [0.4, 0.5) is 0 Å². The fourth-order valence-electron chi connectivity index (χ4n) is 3.54. The summed E-state index contributed by atoms with van der Waals surface area (Å²) < 4.78 is 42.6. The van der Waals surface area contributed by atoms with Crippen LogP contribution in [0.2, 0.25) is 0 Å². The fourth-order valence-corrected chi connectivity index (χ4v) is 4.95. The number of aryl methyl sites for hydroxylation is 1. The van der Waals surface area contributed by atoms with Crippen LogP contribution in [0.1, 0.15) is 30.5 Å². The standard InChI is InChI=1S/C23H30N2O6S/c1-17(19-7-10-21(29-2)22(16-19)30-3)24-23(26)11-6-18-4-8-20(9-5-18)32(27,28)25-12-14-31-15-13-25/h4-5,7-10,16-17H,6,11-15H2,1-3H3,(H,24,26)/t17-/m1/s1. The Kier molecular flexibility index (Phi) is 8.11. The molecule has 1 saturated heterocycles. The number of methoxy groups -OCH3 is 2. The first-order valence-electron chi connectivity index (χ1n) is 10.5. The molecule has 9 heteroatoms. The van der Waals surface area contributed by atoms with Gasteiger partial charge in [-0.3, -0.25) is 4.79 Å². The van der Waals surface area contributed by atoms with Crippen LogP contribution < -0.4 is 14.8 Å². The Morgan fingerprint density at radius 2 is 1.72 bits per heavy atom. The van der Waals surface area contributed by atoms with Gasteiger partial charge in [0.05, 0.1) is 38.4 Å². The second-order valence-corrected chi connectivity index (χ2v) is 9.50. The van der Waals surface area contributed by atoms with E-state index in [1.54, 1.807) is 38.5 Å². The average molecular weight is 463 g/mol. The van der Waals surface area contributed by atoms with Crippen LogP contribution in [0, 0.1) is 0 Å². The lowest BCUT2D eigenvalue weighted by Crippen LogP contribution is -2.40. The maximum absolute atomic E-state index is 12.7. The highest BCUT2D eigenvalue weighted by molar-refractivity contribution is 7.89. The maximum Gasteiger partial charge on any atom is 0.243 e. The molecule has 2 aromatic carbocycles. The molecule has 174 valence electrons. The topological polar surface area (TPSA) is 94.2 Å². The molecule has 1 fully saturated rings. The van der Waals surface area contributed by atoms with E-state index in [0.29, 0.717) is 50.6 Å². The molecule has 2 aromatic rings. The second kappa shape index (κ2) is 10.8. The predicted molar refractivity (Wildman–Crippen MR) is 120 cm³/mol. The summed E-state index contributed by atoms with van der Waals surface area (Å²) >= 11 is 0. The number of morpholine rings is 1. The molecule has 8 nitrogen and oxygen atoms in total. The van der Waals surface area contributed by atoms with Gasteiger partial charge < -0.3 is 19.5 Å². The minimum absolute atomic E-state index is 0.0858. The van der Waals surface area contributed by atoms with Crippen molar-refractivity contribution in [1.82, 2.24) is 9.62 Å². The number of hydrogen-bond donors (Lipinski definition) is 1. The molecule has 32 heavy (non-hydrogen) atoms. The van der Waals surface area contributed by atoms with Crippen LogP contribution in [0.5, 0.6) is 11.5 Å². The van der Waals surface area contributed by atoms with Gasteiger partial charge in [-0.2, -0.15) is 4.31 Å². The Morgan fingerprint density at radius 1 is 1.06 bits per heavy atom. The molecule has 0 aromatic heterocycles. The molecule has 1 amide bonds. The number of carbonyl (C=O) groups is 1. The molecule has 1 atom stereocenters. The van der Waals surface area contributed by atoms with E-state index in [-0.39, 0.29) is 16.8 Å². The van der Waals surface area contributed by atoms with Crippen LogP contribution in [0.3, 0.4) is 0 Å². The Morgan fingerprint density at radius 3 is 2.34 bits per heavy atom. The molecule has 0 spiro atoms. The number of nitrogens with one attached hydrogen (secondary N) is 1. The van der Waals surface area contributed by atoms with E-state index in [1.165, 1.54) is 4.31 Å². The zero-order valence-electron chi connectivity index (χ0n) is 18.7. The molecular weight excluding hydrogens is 432 g/mol. The summed E-state index contributed by atoms with van der Waals surface area (Å²) in [5.74, 6) is 1.16. The van der Waals surface area contributed by atoms with Crippen molar-refractivity contribution in [3.05, 3.63) is 53.6 Å². The lowest BCUT2D eigenvalue weighted by atomic mass is 10.1. The van der Waals surface area contributed by atoms with Gasteiger partial charge in [-0.05, 0) is 48.7 Å². The maximum atomic E-state index is 12.7. The van der Waals surface area contributed by atoms with Crippen molar-refractivity contribution >= 4 is 15.9 Å². The van der Waals surface area contributed by atoms with E-state index < -0.39 is 10.0 Å². The van der Waals surface area contributed by atoms with Crippen molar-refractivity contribution in [2.75, 3.05) is 40.5 Å². The molecule has 1 N–H and O–H groups in total. The van der Waals surface area contributed by atoms with Crippen molar-refractivity contribution in [2.24, 2.45) is 0 Å². The Balaban J connectivity index is 1.54.